The van der Waals surface area contributed by atoms with Crippen molar-refractivity contribution in [2.45, 2.75) is 46.1 Å². The summed E-state index contributed by atoms with van der Waals surface area (Å²) >= 11 is 0. The molecule has 1 aliphatic carbocycles. The largest absolute Gasteiger partial charge is 0.294 e. The summed E-state index contributed by atoms with van der Waals surface area (Å²) in [5.74, 6) is 1.70. The molecule has 17 heavy (non-hydrogen) atoms. The molecule has 0 N–H and O–H groups in total. The van der Waals surface area contributed by atoms with E-state index in [2.05, 4.69) is 23.1 Å². The van der Waals surface area contributed by atoms with Gasteiger partial charge in [0.2, 0.25) is 0 Å². The number of carbonyl (C=O) groups excluding carboxylic acids is 1. The minimum atomic E-state index is 0.208. The van der Waals surface area contributed by atoms with Crippen LogP contribution >= 0.6 is 0 Å². The topological polar surface area (TPSA) is 47.8 Å². The molecule has 2 rings (SSSR count). The zero-order chi connectivity index (χ0) is 12.3. The fourth-order valence-electron chi connectivity index (χ4n) is 2.16. The van der Waals surface area contributed by atoms with Gasteiger partial charge in [-0.05, 0) is 37.7 Å². The van der Waals surface area contributed by atoms with Crippen molar-refractivity contribution < 1.29 is 4.79 Å². The summed E-state index contributed by atoms with van der Waals surface area (Å²) in [6.45, 7) is 4.99. The Hall–Kier alpha value is -1.45. The van der Waals surface area contributed by atoms with Crippen LogP contribution < -0.4 is 0 Å². The Bertz CT molecular complexity index is 434. The van der Waals surface area contributed by atoms with Crippen LogP contribution in [0.2, 0.25) is 0 Å². The molecule has 0 aromatic carbocycles. The van der Waals surface area contributed by atoms with Gasteiger partial charge in [0.15, 0.2) is 5.78 Å². The van der Waals surface area contributed by atoms with Crippen LogP contribution in [0.25, 0.3) is 0 Å². The Morgan fingerprint density at radius 1 is 1.59 bits per heavy atom. The van der Waals surface area contributed by atoms with E-state index in [-0.39, 0.29) is 5.78 Å². The van der Waals surface area contributed by atoms with E-state index in [1.807, 2.05) is 6.92 Å². The number of hydrogen-bond acceptors (Lipinski definition) is 3. The first-order valence-electron chi connectivity index (χ1n) is 6.29. The first-order valence-corrected chi connectivity index (χ1v) is 6.29. The van der Waals surface area contributed by atoms with Crippen molar-refractivity contribution in [3.05, 3.63) is 23.8 Å². The maximum atomic E-state index is 12.1. The van der Waals surface area contributed by atoms with Crippen LogP contribution in [-0.4, -0.2) is 20.5 Å². The number of ketones is 1. The van der Waals surface area contributed by atoms with Gasteiger partial charge < -0.3 is 0 Å². The molecule has 0 radical (unpaired) electrons. The van der Waals surface area contributed by atoms with Gasteiger partial charge in [0, 0.05) is 6.54 Å². The molecule has 0 fully saturated rings. The second kappa shape index (κ2) is 5.25. The highest BCUT2D eigenvalue weighted by atomic mass is 16.1. The fraction of sp³-hybridized carbons (Fsp3) is 0.615. The maximum Gasteiger partial charge on any atom is 0.166 e. The van der Waals surface area contributed by atoms with Gasteiger partial charge in [-0.2, -0.15) is 5.10 Å². The Labute approximate surface area is 102 Å². The van der Waals surface area contributed by atoms with E-state index in [0.29, 0.717) is 12.3 Å². The SMILES string of the molecule is CCn1ncnc1CC(=O)C1=CCC(C)CC1. The van der Waals surface area contributed by atoms with E-state index in [9.17, 15) is 4.79 Å². The minimum Gasteiger partial charge on any atom is -0.294 e. The van der Waals surface area contributed by atoms with Crippen molar-refractivity contribution in [1.29, 1.82) is 0 Å². The molecule has 1 unspecified atom stereocenters. The molecule has 0 aliphatic heterocycles. The van der Waals surface area contributed by atoms with E-state index in [1.165, 1.54) is 6.33 Å². The number of hydrogen-bond donors (Lipinski definition) is 0. The summed E-state index contributed by atoms with van der Waals surface area (Å²) < 4.78 is 1.78. The summed E-state index contributed by atoms with van der Waals surface area (Å²) in [7, 11) is 0. The third-order valence-corrected chi connectivity index (χ3v) is 3.35. The highest BCUT2D eigenvalue weighted by molar-refractivity contribution is 5.96. The van der Waals surface area contributed by atoms with E-state index < -0.39 is 0 Å². The lowest BCUT2D eigenvalue weighted by molar-refractivity contribution is -0.115. The maximum absolute atomic E-state index is 12.1. The van der Waals surface area contributed by atoms with Gasteiger partial charge in [0.25, 0.3) is 0 Å². The standard InChI is InChI=1S/C13H19N3O/c1-3-16-13(14-9-15-16)8-12(17)11-6-4-10(2)5-7-11/h6,9-10H,3-5,7-8H2,1-2H3. The normalized spacial score (nSPS) is 20.1. The lowest BCUT2D eigenvalue weighted by atomic mass is 9.88. The van der Waals surface area contributed by atoms with E-state index in [1.54, 1.807) is 4.68 Å². The van der Waals surface area contributed by atoms with Gasteiger partial charge >= 0.3 is 0 Å². The lowest BCUT2D eigenvalue weighted by Crippen LogP contribution is -2.15. The van der Waals surface area contributed by atoms with Crippen LogP contribution in [0.3, 0.4) is 0 Å². The molecule has 0 bridgehead atoms. The number of carbonyl (C=O) groups is 1. The molecule has 4 heteroatoms. The van der Waals surface area contributed by atoms with Crippen molar-refractivity contribution in [3.8, 4) is 0 Å². The van der Waals surface area contributed by atoms with Crippen LogP contribution in [0.5, 0.6) is 0 Å². The lowest BCUT2D eigenvalue weighted by Gasteiger charge is -2.17. The molecule has 1 heterocycles. The average molecular weight is 233 g/mol. The van der Waals surface area contributed by atoms with Gasteiger partial charge in [-0.15, -0.1) is 0 Å². The Balaban J connectivity index is 2.02. The molecular weight excluding hydrogens is 214 g/mol. The highest BCUT2D eigenvalue weighted by Gasteiger charge is 2.18. The van der Waals surface area contributed by atoms with Gasteiger partial charge in [-0.3, -0.25) is 4.79 Å². The van der Waals surface area contributed by atoms with E-state index in [4.69, 9.17) is 0 Å². The van der Waals surface area contributed by atoms with Gasteiger partial charge in [0.1, 0.15) is 12.2 Å². The number of aryl methyl sites for hydroxylation is 1. The minimum absolute atomic E-state index is 0.208. The molecule has 4 nitrogen and oxygen atoms in total. The predicted octanol–water partition coefficient (Wildman–Crippen LogP) is 2.16. The summed E-state index contributed by atoms with van der Waals surface area (Å²) in [5, 5.41) is 4.08. The van der Waals surface area contributed by atoms with Crippen LogP contribution in [-0.2, 0) is 17.8 Å². The van der Waals surface area contributed by atoms with Crippen molar-refractivity contribution >= 4 is 5.78 Å². The second-order valence-electron chi connectivity index (χ2n) is 4.70. The zero-order valence-corrected chi connectivity index (χ0v) is 10.5. The van der Waals surface area contributed by atoms with Crippen LogP contribution in [0, 0.1) is 5.92 Å². The first-order chi connectivity index (χ1) is 8.20. The molecule has 0 saturated heterocycles. The molecule has 1 aromatic heterocycles. The van der Waals surface area contributed by atoms with Crippen molar-refractivity contribution in [2.24, 2.45) is 5.92 Å². The number of rotatable bonds is 4. The monoisotopic (exact) mass is 233 g/mol. The predicted molar refractivity (Wildman–Crippen MR) is 65.5 cm³/mol. The Morgan fingerprint density at radius 3 is 3.06 bits per heavy atom. The van der Waals surface area contributed by atoms with Gasteiger partial charge in [-0.1, -0.05) is 13.0 Å². The third-order valence-electron chi connectivity index (χ3n) is 3.35. The summed E-state index contributed by atoms with van der Waals surface area (Å²) in [5.41, 5.74) is 0.980. The number of allylic oxidation sites excluding steroid dienone is 2. The smallest absolute Gasteiger partial charge is 0.166 e. The molecule has 1 atom stereocenters. The molecule has 0 spiro atoms. The number of aromatic nitrogens is 3. The van der Waals surface area contributed by atoms with Crippen molar-refractivity contribution in [3.63, 3.8) is 0 Å². The molecule has 1 aromatic rings. The summed E-state index contributed by atoms with van der Waals surface area (Å²) in [4.78, 5) is 16.2. The molecular formula is C13H19N3O. The van der Waals surface area contributed by atoms with Gasteiger partial charge in [0.05, 0.1) is 6.42 Å². The fourth-order valence-corrected chi connectivity index (χ4v) is 2.16. The average Bonchev–Trinajstić information content (AvgIpc) is 2.77. The number of nitrogens with zero attached hydrogens (tertiary/aromatic N) is 3. The Kier molecular flexibility index (Phi) is 3.71. The quantitative estimate of drug-likeness (QED) is 0.800. The Morgan fingerprint density at radius 2 is 2.41 bits per heavy atom. The molecule has 92 valence electrons. The van der Waals surface area contributed by atoms with Crippen LogP contribution in [0.4, 0.5) is 0 Å². The van der Waals surface area contributed by atoms with E-state index >= 15 is 0 Å². The van der Waals surface area contributed by atoms with Crippen LogP contribution in [0.15, 0.2) is 18.0 Å². The van der Waals surface area contributed by atoms with E-state index in [0.717, 1.165) is 37.2 Å². The highest BCUT2D eigenvalue weighted by Crippen LogP contribution is 2.23. The van der Waals surface area contributed by atoms with Gasteiger partial charge in [-0.25, -0.2) is 9.67 Å². The van der Waals surface area contributed by atoms with Crippen molar-refractivity contribution in [2.75, 3.05) is 0 Å². The van der Waals surface area contributed by atoms with Crippen LogP contribution in [0.1, 0.15) is 38.9 Å². The number of Topliss-reactive ketones (excluding diaryl/α,β-unsaturated/α-hetero) is 1. The second-order valence-corrected chi connectivity index (χ2v) is 4.70. The third kappa shape index (κ3) is 2.81. The summed E-state index contributed by atoms with van der Waals surface area (Å²) in [6, 6.07) is 0. The molecule has 1 aliphatic rings. The first kappa shape index (κ1) is 12.0. The molecule has 0 amide bonds. The summed E-state index contributed by atoms with van der Waals surface area (Å²) in [6.07, 6.45) is 7.07. The van der Waals surface area contributed by atoms with Crippen molar-refractivity contribution in [1.82, 2.24) is 14.8 Å². The molecule has 0 saturated carbocycles. The zero-order valence-electron chi connectivity index (χ0n) is 10.5.